The quantitative estimate of drug-likeness (QED) is 0.628. The summed E-state index contributed by atoms with van der Waals surface area (Å²) in [6, 6.07) is 2.44. The molecule has 0 aliphatic rings. The smallest absolute Gasteiger partial charge is 0.408 e. The first-order chi connectivity index (χ1) is 10.5. The van der Waals surface area contributed by atoms with Crippen LogP contribution in [0.3, 0.4) is 0 Å². The molecule has 0 radical (unpaired) electrons. The van der Waals surface area contributed by atoms with Gasteiger partial charge in [0.05, 0.1) is 5.69 Å². The van der Waals surface area contributed by atoms with Gasteiger partial charge in [0.1, 0.15) is 11.4 Å². The van der Waals surface area contributed by atoms with Crippen molar-refractivity contribution in [2.75, 3.05) is 5.32 Å². The number of benzene rings is 1. The van der Waals surface area contributed by atoms with E-state index in [0.717, 1.165) is 0 Å². The van der Waals surface area contributed by atoms with Crippen molar-refractivity contribution in [3.63, 3.8) is 0 Å². The summed E-state index contributed by atoms with van der Waals surface area (Å²) in [4.78, 5) is 34.2. The number of rotatable bonds is 4. The van der Waals surface area contributed by atoms with E-state index in [1.807, 2.05) is 0 Å². The van der Waals surface area contributed by atoms with Crippen molar-refractivity contribution in [1.29, 1.82) is 0 Å². The van der Waals surface area contributed by atoms with Gasteiger partial charge in [-0.05, 0) is 38.5 Å². The summed E-state index contributed by atoms with van der Waals surface area (Å²) in [6.07, 6.45) is -0.890. The van der Waals surface area contributed by atoms with Crippen molar-refractivity contribution in [2.24, 2.45) is 0 Å². The van der Waals surface area contributed by atoms with Gasteiger partial charge < -0.3 is 25.6 Å². The molecule has 0 unspecified atom stereocenters. The van der Waals surface area contributed by atoms with Crippen LogP contribution in [0.25, 0.3) is 0 Å². The number of phenols is 1. The predicted octanol–water partition coefficient (Wildman–Crippen LogP) is 2.00. The van der Waals surface area contributed by atoms with Gasteiger partial charge in [0, 0.05) is 6.92 Å². The molecule has 0 aromatic heterocycles. The second kappa shape index (κ2) is 6.99. The number of aliphatic carboxylic acids is 1. The molecule has 0 fully saturated rings. The van der Waals surface area contributed by atoms with E-state index in [2.05, 4.69) is 10.6 Å². The molecule has 1 aromatic carbocycles. The molecule has 126 valence electrons. The standard InChI is InChI=1S/C15H20N2O6/c1-8(18)16-10-7-9(5-6-11(10)19)12(13(20)21)17-14(22)23-15(2,3)4/h5-7,12,19H,1-4H3,(H,16,18)(H,17,22)(H,20,21)/t12-/m1/s1. The number of nitrogens with one attached hydrogen (secondary N) is 2. The van der Waals surface area contributed by atoms with Gasteiger partial charge >= 0.3 is 12.1 Å². The average Bonchev–Trinajstić information content (AvgIpc) is 2.36. The Bertz CT molecular complexity index is 621. The van der Waals surface area contributed by atoms with E-state index < -0.39 is 29.6 Å². The van der Waals surface area contributed by atoms with E-state index >= 15 is 0 Å². The van der Waals surface area contributed by atoms with Gasteiger partial charge in [-0.2, -0.15) is 0 Å². The maximum Gasteiger partial charge on any atom is 0.408 e. The van der Waals surface area contributed by atoms with Gasteiger partial charge in [0.15, 0.2) is 6.04 Å². The third-order valence-electron chi connectivity index (χ3n) is 2.57. The fraction of sp³-hybridized carbons (Fsp3) is 0.400. The number of carboxylic acids is 1. The molecule has 0 aliphatic carbocycles. The molecule has 8 heteroatoms. The molecule has 0 bridgehead atoms. The minimum absolute atomic E-state index is 0.0484. The van der Waals surface area contributed by atoms with Crippen molar-refractivity contribution in [1.82, 2.24) is 5.32 Å². The zero-order chi connectivity index (χ0) is 17.8. The molecule has 0 saturated heterocycles. The molecule has 1 rings (SSSR count). The number of hydrogen-bond acceptors (Lipinski definition) is 5. The highest BCUT2D eigenvalue weighted by molar-refractivity contribution is 5.91. The second-order valence-corrected chi connectivity index (χ2v) is 5.88. The number of carbonyl (C=O) groups is 3. The average molecular weight is 324 g/mol. The minimum atomic E-state index is -1.39. The number of carboxylic acid groups (broad SMARTS) is 1. The summed E-state index contributed by atoms with van der Waals surface area (Å²) >= 11 is 0. The molecule has 0 saturated carbocycles. The second-order valence-electron chi connectivity index (χ2n) is 5.88. The molecule has 4 N–H and O–H groups in total. The van der Waals surface area contributed by atoms with E-state index in [1.165, 1.54) is 25.1 Å². The van der Waals surface area contributed by atoms with Gasteiger partial charge in [-0.1, -0.05) is 6.07 Å². The van der Waals surface area contributed by atoms with Crippen LogP contribution in [0.5, 0.6) is 5.75 Å². The summed E-state index contributed by atoms with van der Waals surface area (Å²) in [6.45, 7) is 6.20. The molecule has 8 nitrogen and oxygen atoms in total. The molecule has 1 atom stereocenters. The van der Waals surface area contributed by atoms with Crippen LogP contribution in [0.4, 0.5) is 10.5 Å². The number of alkyl carbamates (subject to hydrolysis) is 1. The van der Waals surface area contributed by atoms with E-state index in [0.29, 0.717) is 0 Å². The third-order valence-corrected chi connectivity index (χ3v) is 2.57. The summed E-state index contributed by atoms with van der Waals surface area (Å²) in [5.41, 5.74) is -0.555. The zero-order valence-corrected chi connectivity index (χ0v) is 13.3. The maximum atomic E-state index is 11.8. The minimum Gasteiger partial charge on any atom is -0.506 e. The largest absolute Gasteiger partial charge is 0.506 e. The molecular weight excluding hydrogens is 304 g/mol. The SMILES string of the molecule is CC(=O)Nc1cc([C@@H](NC(=O)OC(C)(C)C)C(=O)O)ccc1O. The summed E-state index contributed by atoms with van der Waals surface area (Å²) in [5, 5.41) is 23.6. The first kappa shape index (κ1) is 18.3. The van der Waals surface area contributed by atoms with Gasteiger partial charge in [-0.15, -0.1) is 0 Å². The Morgan fingerprint density at radius 2 is 1.83 bits per heavy atom. The lowest BCUT2D eigenvalue weighted by atomic mass is 10.1. The van der Waals surface area contributed by atoms with Crippen LogP contribution >= 0.6 is 0 Å². The van der Waals surface area contributed by atoms with E-state index in [4.69, 9.17) is 4.74 Å². The van der Waals surface area contributed by atoms with Crippen molar-refractivity contribution in [3.05, 3.63) is 23.8 Å². The van der Waals surface area contributed by atoms with Crippen molar-refractivity contribution in [2.45, 2.75) is 39.3 Å². The molecule has 0 spiro atoms. The van der Waals surface area contributed by atoms with Crippen molar-refractivity contribution < 1.29 is 29.3 Å². The third kappa shape index (κ3) is 5.85. The number of amides is 2. The number of hydrogen-bond donors (Lipinski definition) is 4. The zero-order valence-electron chi connectivity index (χ0n) is 13.3. The lowest BCUT2D eigenvalue weighted by molar-refractivity contribution is -0.139. The van der Waals surface area contributed by atoms with Crippen molar-refractivity contribution >= 4 is 23.7 Å². The van der Waals surface area contributed by atoms with E-state index in [9.17, 15) is 24.6 Å². The lowest BCUT2D eigenvalue weighted by Crippen LogP contribution is -2.38. The number of phenolic OH excluding ortho intramolecular Hbond substituents is 1. The summed E-state index contributed by atoms with van der Waals surface area (Å²) in [7, 11) is 0. The van der Waals surface area contributed by atoms with Gasteiger partial charge in [-0.25, -0.2) is 9.59 Å². The lowest BCUT2D eigenvalue weighted by Gasteiger charge is -2.22. The topological polar surface area (TPSA) is 125 Å². The van der Waals surface area contributed by atoms with Gasteiger partial charge in [0.25, 0.3) is 0 Å². The first-order valence-corrected chi connectivity index (χ1v) is 6.82. The molecule has 23 heavy (non-hydrogen) atoms. The fourth-order valence-corrected chi connectivity index (χ4v) is 1.74. The Labute approximate surface area is 133 Å². The van der Waals surface area contributed by atoms with Crippen LogP contribution in [0.2, 0.25) is 0 Å². The van der Waals surface area contributed by atoms with Crippen LogP contribution in [-0.4, -0.2) is 33.8 Å². The Balaban J connectivity index is 3.04. The first-order valence-electron chi connectivity index (χ1n) is 6.82. The summed E-state index contributed by atoms with van der Waals surface area (Å²) in [5.74, 6) is -1.95. The van der Waals surface area contributed by atoms with Crippen molar-refractivity contribution in [3.8, 4) is 5.75 Å². The van der Waals surface area contributed by atoms with Crippen LogP contribution in [0.15, 0.2) is 18.2 Å². The molecule has 1 aromatic rings. The molecule has 0 aliphatic heterocycles. The highest BCUT2D eigenvalue weighted by Crippen LogP contribution is 2.27. The number of ether oxygens (including phenoxy) is 1. The normalized spacial score (nSPS) is 12.2. The summed E-state index contributed by atoms with van der Waals surface area (Å²) < 4.78 is 5.03. The van der Waals surface area contributed by atoms with Crippen LogP contribution in [-0.2, 0) is 14.3 Å². The molecular formula is C15H20N2O6. The Morgan fingerprint density at radius 3 is 2.30 bits per heavy atom. The van der Waals surface area contributed by atoms with Gasteiger partial charge in [0.2, 0.25) is 5.91 Å². The van der Waals surface area contributed by atoms with E-state index in [1.54, 1.807) is 20.8 Å². The Morgan fingerprint density at radius 1 is 1.22 bits per heavy atom. The number of carbonyl (C=O) groups excluding carboxylic acids is 2. The molecule has 2 amide bonds. The fourth-order valence-electron chi connectivity index (χ4n) is 1.74. The monoisotopic (exact) mass is 324 g/mol. The highest BCUT2D eigenvalue weighted by atomic mass is 16.6. The highest BCUT2D eigenvalue weighted by Gasteiger charge is 2.26. The van der Waals surface area contributed by atoms with Crippen LogP contribution in [0, 0.1) is 0 Å². The van der Waals surface area contributed by atoms with Crippen LogP contribution in [0.1, 0.15) is 39.3 Å². The molecule has 0 heterocycles. The maximum absolute atomic E-state index is 11.8. The Hall–Kier alpha value is -2.77. The predicted molar refractivity (Wildman–Crippen MR) is 82.2 cm³/mol. The van der Waals surface area contributed by atoms with Crippen LogP contribution < -0.4 is 10.6 Å². The number of aromatic hydroxyl groups is 1. The van der Waals surface area contributed by atoms with Gasteiger partial charge in [-0.3, -0.25) is 4.79 Å². The van der Waals surface area contributed by atoms with E-state index in [-0.39, 0.29) is 17.0 Å². The number of anilines is 1. The Kier molecular flexibility index (Phi) is 5.56.